The molecular formula is C79H110N12O4. The Balaban J connectivity index is 0.000000167. The molecule has 95 heavy (non-hydrogen) atoms. The molecule has 510 valence electrons. The zero-order chi connectivity index (χ0) is 65.3. The van der Waals surface area contributed by atoms with E-state index in [-0.39, 0.29) is 54.9 Å². The van der Waals surface area contributed by atoms with Gasteiger partial charge in [-0.2, -0.15) is 0 Å². The summed E-state index contributed by atoms with van der Waals surface area (Å²) in [7, 11) is 0. The fraction of sp³-hybridized carbons (Fsp3) is 0.532. The normalized spacial score (nSPS) is 17.9. The topological polar surface area (TPSA) is 189 Å². The number of hydrogen-bond donors (Lipinski definition) is 6. The first kappa shape index (κ1) is 72.1. The Hall–Kier alpha value is -7.21. The number of benzene rings is 3. The summed E-state index contributed by atoms with van der Waals surface area (Å²) in [6.07, 6.45) is 22.1. The van der Waals surface area contributed by atoms with Crippen molar-refractivity contribution in [1.82, 2.24) is 45.6 Å². The van der Waals surface area contributed by atoms with Crippen LogP contribution in [0, 0.1) is 0 Å². The van der Waals surface area contributed by atoms with Gasteiger partial charge >= 0.3 is 0 Å². The second-order valence-corrected chi connectivity index (χ2v) is 27.0. The minimum Gasteiger partial charge on any atom is -0.370 e. The average molecular weight is 1290 g/mol. The van der Waals surface area contributed by atoms with Crippen LogP contribution < -0.4 is 31.9 Å². The van der Waals surface area contributed by atoms with Gasteiger partial charge in [-0.15, -0.1) is 0 Å². The fourth-order valence-corrected chi connectivity index (χ4v) is 14.8. The smallest absolute Gasteiger partial charge is 0.220 e. The van der Waals surface area contributed by atoms with E-state index in [0.717, 1.165) is 215 Å². The van der Waals surface area contributed by atoms with Crippen molar-refractivity contribution in [2.24, 2.45) is 0 Å². The maximum atomic E-state index is 12.5. The third-order valence-corrected chi connectivity index (χ3v) is 19.8. The molecule has 0 unspecified atom stereocenters. The highest BCUT2D eigenvalue weighted by Crippen LogP contribution is 2.30. The molecule has 3 fully saturated rings. The number of fused-ring (bicyclic) bond motifs is 3. The minimum absolute atomic E-state index is 0. The summed E-state index contributed by atoms with van der Waals surface area (Å²) in [6.45, 7) is 15.8. The van der Waals surface area contributed by atoms with Crippen molar-refractivity contribution in [1.29, 1.82) is 0 Å². The van der Waals surface area contributed by atoms with Crippen molar-refractivity contribution < 1.29 is 19.2 Å². The molecular weight excluding hydrogens is 1180 g/mol. The van der Waals surface area contributed by atoms with Gasteiger partial charge in [-0.25, -0.2) is 15.0 Å². The Bertz CT molecular complexity index is 3170. The number of piperidine rings is 3. The van der Waals surface area contributed by atoms with Crippen molar-refractivity contribution in [2.75, 3.05) is 87.9 Å². The first-order valence-electron chi connectivity index (χ1n) is 35.8. The highest BCUT2D eigenvalue weighted by Gasteiger charge is 2.32. The van der Waals surface area contributed by atoms with E-state index >= 15 is 0 Å². The Morgan fingerprint density at radius 3 is 1.06 bits per heavy atom. The molecule has 16 nitrogen and oxygen atoms in total. The van der Waals surface area contributed by atoms with Gasteiger partial charge in [0, 0.05) is 101 Å². The van der Waals surface area contributed by atoms with E-state index in [0.29, 0.717) is 18.5 Å². The number of carbonyl (C=O) groups excluding carboxylic acids is 4. The highest BCUT2D eigenvalue weighted by atomic mass is 16.2. The molecule has 0 aliphatic carbocycles. The standard InChI is InChI=1S/C26H34N4O2.2C26H36N4O.CH4/c1-19(31)25(20-7-3-2-4-8-20)30-17-14-23(15-18-30)28-24(32)11-5-10-22-13-12-21-9-6-16-27-26(21)29-22;2*1-20(31)25(21-8-3-2-4-9-21)30-18-14-23(15-19-30)27-16-6-5-11-24-13-12-22-10-7-17-28-26(22)29-24;/h2-4,7-8,12-13,23,25H,5-6,9-11,14-18H2,1H3,(H,27,29)(H,28,32);2*2-4,8-9,12-13,23,25,27H,5-7,10-11,14-19H2,1H3,(H,28,29);1H4/t3*25-;/m110./s1. The Kier molecular flexibility index (Phi) is 28.8. The van der Waals surface area contributed by atoms with Crippen LogP contribution in [0.2, 0.25) is 0 Å². The minimum atomic E-state index is -0.188. The first-order chi connectivity index (χ1) is 46.0. The van der Waals surface area contributed by atoms with Gasteiger partial charge in [0.25, 0.3) is 0 Å². The summed E-state index contributed by atoms with van der Waals surface area (Å²) < 4.78 is 0. The number of Topliss-reactive ketones (excluding diaryl/α,β-unsaturated/α-hetero) is 3. The fourth-order valence-electron chi connectivity index (χ4n) is 14.8. The molecule has 3 saturated heterocycles. The van der Waals surface area contributed by atoms with Crippen molar-refractivity contribution >= 4 is 40.7 Å². The molecule has 6 N–H and O–H groups in total. The lowest BCUT2D eigenvalue weighted by molar-refractivity contribution is -0.124. The van der Waals surface area contributed by atoms with Crippen LogP contribution in [-0.2, 0) is 57.7 Å². The van der Waals surface area contributed by atoms with Gasteiger partial charge in [0.05, 0.1) is 18.1 Å². The Labute approximate surface area is 567 Å². The predicted octanol–water partition coefficient (Wildman–Crippen LogP) is 12.6. The SMILES string of the molecule is C.CC(=O)[C@@H](c1ccccc1)N1CCC(NCCCCc2ccc3c(n2)NCCC3)CC1.CC(=O)[C@H](c1ccccc1)N1CCC(NC(=O)CCCc2ccc3c(n2)NCCC3)CC1.CC(=O)[C@H](c1ccccc1)N1CCC(NCCCCc2ccc3c(n2)NCCC3)CC1. The molecule has 3 atom stereocenters. The van der Waals surface area contributed by atoms with Gasteiger partial charge in [-0.1, -0.05) is 117 Å². The molecule has 6 aliphatic rings. The number of likely N-dealkylation sites (tertiary alicyclic amines) is 3. The quantitative estimate of drug-likeness (QED) is 0.0281. The molecule has 3 aromatic carbocycles. The van der Waals surface area contributed by atoms with E-state index < -0.39 is 0 Å². The van der Waals surface area contributed by atoms with Gasteiger partial charge in [-0.3, -0.25) is 33.9 Å². The lowest BCUT2D eigenvalue weighted by Crippen LogP contribution is -2.46. The zero-order valence-electron chi connectivity index (χ0n) is 56.5. The van der Waals surface area contributed by atoms with Crippen molar-refractivity contribution in [3.05, 3.63) is 178 Å². The Morgan fingerprint density at radius 1 is 0.421 bits per heavy atom. The van der Waals surface area contributed by atoms with E-state index in [1.54, 1.807) is 20.8 Å². The van der Waals surface area contributed by atoms with Crippen LogP contribution in [0.4, 0.5) is 17.5 Å². The molecule has 12 rings (SSSR count). The van der Waals surface area contributed by atoms with Crippen molar-refractivity contribution in [3.63, 3.8) is 0 Å². The number of amides is 1. The van der Waals surface area contributed by atoms with Crippen LogP contribution in [0.15, 0.2) is 127 Å². The lowest BCUT2D eigenvalue weighted by atomic mass is 9.97. The third-order valence-electron chi connectivity index (χ3n) is 19.8. The van der Waals surface area contributed by atoms with E-state index in [2.05, 4.69) is 107 Å². The second-order valence-electron chi connectivity index (χ2n) is 27.0. The van der Waals surface area contributed by atoms with Crippen LogP contribution in [0.25, 0.3) is 0 Å². The zero-order valence-corrected chi connectivity index (χ0v) is 56.5. The molecule has 3 aromatic heterocycles. The number of aromatic nitrogens is 3. The molecule has 0 bridgehead atoms. The van der Waals surface area contributed by atoms with Crippen LogP contribution in [-0.4, -0.2) is 143 Å². The van der Waals surface area contributed by atoms with Crippen LogP contribution in [0.3, 0.4) is 0 Å². The van der Waals surface area contributed by atoms with Gasteiger partial charge in [0.15, 0.2) is 17.3 Å². The monoisotopic (exact) mass is 1290 g/mol. The Morgan fingerprint density at radius 2 is 0.737 bits per heavy atom. The van der Waals surface area contributed by atoms with Gasteiger partial charge < -0.3 is 31.9 Å². The van der Waals surface area contributed by atoms with Crippen LogP contribution in [0.1, 0.15) is 193 Å². The number of nitrogens with one attached hydrogen (secondary N) is 6. The molecule has 6 aliphatic heterocycles. The van der Waals surface area contributed by atoms with Crippen LogP contribution >= 0.6 is 0 Å². The summed E-state index contributed by atoms with van der Waals surface area (Å²) in [4.78, 5) is 70.6. The maximum absolute atomic E-state index is 12.5. The van der Waals surface area contributed by atoms with E-state index in [1.165, 1.54) is 53.8 Å². The summed E-state index contributed by atoms with van der Waals surface area (Å²) >= 11 is 0. The van der Waals surface area contributed by atoms with E-state index in [9.17, 15) is 19.2 Å². The molecule has 6 aromatic rings. The van der Waals surface area contributed by atoms with Crippen LogP contribution in [0.5, 0.6) is 0 Å². The summed E-state index contributed by atoms with van der Waals surface area (Å²) in [6, 6.07) is 44.5. The molecule has 0 spiro atoms. The number of unbranched alkanes of at least 4 members (excludes halogenated alkanes) is 2. The van der Waals surface area contributed by atoms with Gasteiger partial charge in [-0.05, 0) is 214 Å². The summed E-state index contributed by atoms with van der Waals surface area (Å²) in [5, 5.41) is 20.9. The summed E-state index contributed by atoms with van der Waals surface area (Å²) in [5.41, 5.74) is 10.8. The molecule has 0 saturated carbocycles. The molecule has 16 heteroatoms. The van der Waals surface area contributed by atoms with E-state index in [4.69, 9.17) is 15.0 Å². The third kappa shape index (κ3) is 21.9. The number of carbonyl (C=O) groups is 4. The maximum Gasteiger partial charge on any atom is 0.220 e. The largest absolute Gasteiger partial charge is 0.370 e. The number of aryl methyl sites for hydroxylation is 6. The predicted molar refractivity (Wildman–Crippen MR) is 386 cm³/mol. The number of rotatable bonds is 26. The molecule has 0 radical (unpaired) electrons. The average Bonchev–Trinajstić information content (AvgIpc) is 1.41. The van der Waals surface area contributed by atoms with Crippen molar-refractivity contribution in [2.45, 2.75) is 199 Å². The number of nitrogens with zero attached hydrogens (tertiary/aromatic N) is 6. The van der Waals surface area contributed by atoms with Gasteiger partial charge in [0.1, 0.15) is 17.5 Å². The summed E-state index contributed by atoms with van der Waals surface area (Å²) in [5.74, 6) is 3.99. The number of hydrogen-bond acceptors (Lipinski definition) is 15. The lowest BCUT2D eigenvalue weighted by Gasteiger charge is -2.37. The highest BCUT2D eigenvalue weighted by molar-refractivity contribution is 5.84. The molecule has 9 heterocycles. The number of pyridine rings is 3. The number of ketones is 3. The second kappa shape index (κ2) is 37.9. The van der Waals surface area contributed by atoms with E-state index in [1.807, 2.05) is 66.7 Å². The molecule has 1 amide bonds. The first-order valence-corrected chi connectivity index (χ1v) is 35.8. The number of anilines is 3. The van der Waals surface area contributed by atoms with Crippen molar-refractivity contribution in [3.8, 4) is 0 Å². The van der Waals surface area contributed by atoms with Gasteiger partial charge in [0.2, 0.25) is 5.91 Å².